The number of fused-ring (bicyclic) bond motifs is 2. The van der Waals surface area contributed by atoms with Gasteiger partial charge in [0.05, 0.1) is 18.3 Å². The van der Waals surface area contributed by atoms with Crippen LogP contribution < -0.4 is 0 Å². The minimum absolute atomic E-state index is 0.156. The Bertz CT molecular complexity index is 772. The van der Waals surface area contributed by atoms with Crippen molar-refractivity contribution >= 4 is 11.6 Å². The predicted molar refractivity (Wildman–Crippen MR) is 89.7 cm³/mol. The van der Waals surface area contributed by atoms with E-state index in [0.29, 0.717) is 6.42 Å². The number of Topliss-reactive ketones (excluding diaryl/α,β-unsaturated/α-hetero) is 2. The van der Waals surface area contributed by atoms with Crippen LogP contribution in [0.4, 0.5) is 0 Å². The van der Waals surface area contributed by atoms with E-state index in [1.807, 2.05) is 13.8 Å². The maximum absolute atomic E-state index is 13.5. The fourth-order valence-electron chi connectivity index (χ4n) is 8.23. The molecule has 5 fully saturated rings. The van der Waals surface area contributed by atoms with Gasteiger partial charge in [0.1, 0.15) is 5.41 Å². The third kappa shape index (κ3) is 1.25. The zero-order valence-corrected chi connectivity index (χ0v) is 15.1. The molecule has 0 heterocycles. The molecule has 0 amide bonds. The number of carbonyl (C=O) groups excluding carboxylic acids is 2. The van der Waals surface area contributed by atoms with E-state index in [2.05, 4.69) is 6.58 Å². The zero-order valence-electron chi connectivity index (χ0n) is 15.1. The summed E-state index contributed by atoms with van der Waals surface area (Å²) < 4.78 is 0. The van der Waals surface area contributed by atoms with Crippen molar-refractivity contribution in [3.05, 3.63) is 12.2 Å². The monoisotopic (exact) mass is 362 g/mol. The van der Waals surface area contributed by atoms with Crippen LogP contribution in [0.1, 0.15) is 39.5 Å². The summed E-state index contributed by atoms with van der Waals surface area (Å²) in [5, 5.41) is 45.0. The van der Waals surface area contributed by atoms with Crippen LogP contribution >= 0.6 is 0 Å². The van der Waals surface area contributed by atoms with Crippen molar-refractivity contribution in [2.24, 2.45) is 34.0 Å². The normalized spacial score (nSPS) is 59.5. The van der Waals surface area contributed by atoms with Gasteiger partial charge in [0.15, 0.2) is 17.2 Å². The molecule has 0 aromatic heterocycles. The molecule has 0 aromatic rings. The number of rotatable bonds is 0. The molecule has 5 rings (SSSR count). The first-order valence-corrected chi connectivity index (χ1v) is 9.55. The van der Waals surface area contributed by atoms with Crippen molar-refractivity contribution < 1.29 is 30.0 Å². The summed E-state index contributed by atoms with van der Waals surface area (Å²) in [5.41, 5.74) is -5.61. The quantitative estimate of drug-likeness (QED) is 0.450. The second-order valence-corrected chi connectivity index (χ2v) is 9.98. The third-order valence-corrected chi connectivity index (χ3v) is 8.84. The van der Waals surface area contributed by atoms with E-state index >= 15 is 0 Å². The van der Waals surface area contributed by atoms with E-state index in [9.17, 15) is 30.0 Å². The predicted octanol–water partition coefficient (Wildman–Crippen LogP) is -0.0294. The summed E-state index contributed by atoms with van der Waals surface area (Å²) in [6.45, 7) is 7.68. The maximum atomic E-state index is 13.5. The Hall–Kier alpha value is -1.08. The minimum atomic E-state index is -2.36. The highest BCUT2D eigenvalue weighted by Gasteiger charge is 2.93. The van der Waals surface area contributed by atoms with Gasteiger partial charge in [-0.1, -0.05) is 26.8 Å². The van der Waals surface area contributed by atoms with Crippen LogP contribution in [0, 0.1) is 34.0 Å². The lowest BCUT2D eigenvalue weighted by Crippen LogP contribution is -2.70. The Balaban J connectivity index is 1.86. The number of hydrogen-bond donors (Lipinski definition) is 4. The van der Waals surface area contributed by atoms with Gasteiger partial charge in [0.25, 0.3) is 0 Å². The Kier molecular flexibility index (Phi) is 2.83. The summed E-state index contributed by atoms with van der Waals surface area (Å²) in [5.74, 6) is -3.25. The first-order chi connectivity index (χ1) is 12.0. The Morgan fingerprint density at radius 3 is 2.42 bits per heavy atom. The van der Waals surface area contributed by atoms with Gasteiger partial charge in [-0.2, -0.15) is 0 Å². The molecule has 0 aliphatic heterocycles. The lowest BCUT2D eigenvalue weighted by Gasteiger charge is -2.59. The Labute approximate surface area is 151 Å². The van der Waals surface area contributed by atoms with E-state index in [1.54, 1.807) is 0 Å². The molecule has 4 bridgehead atoms. The van der Waals surface area contributed by atoms with Gasteiger partial charge < -0.3 is 20.4 Å². The molecule has 5 aliphatic carbocycles. The van der Waals surface area contributed by atoms with Crippen LogP contribution in [0.5, 0.6) is 0 Å². The van der Waals surface area contributed by atoms with Crippen molar-refractivity contribution in [1.29, 1.82) is 0 Å². The third-order valence-electron chi connectivity index (χ3n) is 8.84. The van der Waals surface area contributed by atoms with E-state index in [-0.39, 0.29) is 12.0 Å². The van der Waals surface area contributed by atoms with Gasteiger partial charge >= 0.3 is 0 Å². The van der Waals surface area contributed by atoms with Gasteiger partial charge in [0, 0.05) is 23.2 Å². The SMILES string of the molecule is C=C1C(=O)[C@]23[C@H](O)[C@H]1C[C@H](O)[C@H]2[C@]12CCCC(C)(C)[C@H]1C(=O)[C@]3(O)C2O. The molecule has 6 nitrogen and oxygen atoms in total. The Morgan fingerprint density at radius 2 is 1.77 bits per heavy atom. The second-order valence-electron chi connectivity index (χ2n) is 9.98. The van der Waals surface area contributed by atoms with Crippen LogP contribution in [0.25, 0.3) is 0 Å². The topological polar surface area (TPSA) is 115 Å². The van der Waals surface area contributed by atoms with Crippen LogP contribution in [-0.2, 0) is 9.59 Å². The highest BCUT2D eigenvalue weighted by molar-refractivity contribution is 6.12. The van der Waals surface area contributed by atoms with Crippen LogP contribution in [0.3, 0.4) is 0 Å². The fraction of sp³-hybridized carbons (Fsp3) is 0.800. The summed E-state index contributed by atoms with van der Waals surface area (Å²) in [4.78, 5) is 26.8. The molecule has 0 saturated heterocycles. The fourth-order valence-corrected chi connectivity index (χ4v) is 8.23. The van der Waals surface area contributed by atoms with Gasteiger partial charge in [-0.25, -0.2) is 0 Å². The van der Waals surface area contributed by atoms with Gasteiger partial charge in [0.2, 0.25) is 0 Å². The van der Waals surface area contributed by atoms with Crippen molar-refractivity contribution in [3.8, 4) is 0 Å². The average molecular weight is 362 g/mol. The zero-order chi connectivity index (χ0) is 19.0. The molecule has 5 saturated carbocycles. The lowest BCUT2D eigenvalue weighted by atomic mass is 9.44. The molecule has 26 heavy (non-hydrogen) atoms. The van der Waals surface area contributed by atoms with Crippen LogP contribution in [-0.4, -0.2) is 55.9 Å². The lowest BCUT2D eigenvalue weighted by molar-refractivity contribution is -0.217. The van der Waals surface area contributed by atoms with Crippen molar-refractivity contribution in [3.63, 3.8) is 0 Å². The molecule has 9 atom stereocenters. The number of aliphatic hydroxyl groups is 4. The van der Waals surface area contributed by atoms with E-state index < -0.39 is 69.5 Å². The van der Waals surface area contributed by atoms with E-state index in [1.165, 1.54) is 0 Å². The molecule has 142 valence electrons. The molecule has 6 heteroatoms. The molecule has 2 spiro atoms. The van der Waals surface area contributed by atoms with Crippen molar-refractivity contribution in [1.82, 2.24) is 0 Å². The number of aliphatic hydroxyl groups excluding tert-OH is 3. The summed E-state index contributed by atoms with van der Waals surface area (Å²) in [6, 6.07) is 0. The number of carbonyl (C=O) groups is 2. The molecule has 4 N–H and O–H groups in total. The van der Waals surface area contributed by atoms with Crippen molar-refractivity contribution in [2.45, 2.75) is 63.4 Å². The van der Waals surface area contributed by atoms with Gasteiger partial charge in [-0.15, -0.1) is 0 Å². The second kappa shape index (κ2) is 4.32. The number of hydrogen-bond acceptors (Lipinski definition) is 6. The number of ketones is 2. The van der Waals surface area contributed by atoms with Crippen LogP contribution in [0.15, 0.2) is 12.2 Å². The first-order valence-electron chi connectivity index (χ1n) is 9.55. The highest BCUT2D eigenvalue weighted by Crippen LogP contribution is 2.80. The summed E-state index contributed by atoms with van der Waals surface area (Å²) >= 11 is 0. The first kappa shape index (κ1) is 17.0. The van der Waals surface area contributed by atoms with Gasteiger partial charge in [-0.3, -0.25) is 9.59 Å². The molecule has 5 aliphatic rings. The average Bonchev–Trinajstić information content (AvgIpc) is 2.90. The largest absolute Gasteiger partial charge is 0.393 e. The Morgan fingerprint density at radius 1 is 1.12 bits per heavy atom. The molecule has 0 aromatic carbocycles. The smallest absolute Gasteiger partial charge is 0.172 e. The standard InChI is InChI=1S/C20H26O6/c1-8-9-7-10(21)11-18-6-4-5-17(2,3)12(18)15(24)20(26,16(18)25)19(11,13(8)22)14(9)23/h9-12,14,16,21,23,25-26H,1,4-7H2,2-3H3/t9-,10-,11-,12+,14+,16?,18+,19-,20-/m0/s1. The molecular formula is C20H26O6. The summed E-state index contributed by atoms with van der Waals surface area (Å²) in [6.07, 6.45) is -1.60. The molecule has 1 unspecified atom stereocenters. The van der Waals surface area contributed by atoms with E-state index in [4.69, 9.17) is 0 Å². The van der Waals surface area contributed by atoms with Gasteiger partial charge in [-0.05, 0) is 30.3 Å². The molecular weight excluding hydrogens is 336 g/mol. The highest BCUT2D eigenvalue weighted by atomic mass is 16.4. The van der Waals surface area contributed by atoms with E-state index in [0.717, 1.165) is 12.8 Å². The minimum Gasteiger partial charge on any atom is -0.393 e. The van der Waals surface area contributed by atoms with Crippen LogP contribution in [0.2, 0.25) is 0 Å². The molecule has 0 radical (unpaired) electrons. The maximum Gasteiger partial charge on any atom is 0.172 e. The summed E-state index contributed by atoms with van der Waals surface area (Å²) in [7, 11) is 0. The van der Waals surface area contributed by atoms with Crippen molar-refractivity contribution in [2.75, 3.05) is 0 Å².